The van der Waals surface area contributed by atoms with E-state index in [1.165, 1.54) is 0 Å². The lowest BCUT2D eigenvalue weighted by Crippen LogP contribution is -2.50. The second-order valence-electron chi connectivity index (χ2n) is 6.50. The van der Waals surface area contributed by atoms with Gasteiger partial charge in [0.05, 0.1) is 10.7 Å². The number of halogens is 1. The van der Waals surface area contributed by atoms with Crippen LogP contribution in [0.1, 0.15) is 6.92 Å². The molecule has 7 heteroatoms. The Balaban J connectivity index is 1.43. The number of ether oxygens (including phenoxy) is 2. The standard InChI is InChI=1S/C21H23ClN2O4/c1-16(28-17-7-3-2-4-8-17)21(26)27-15-20(25)24-13-11-23(12-14-24)19-10-6-5-9-18(19)22/h2-10,16H,11-15H2,1H3/t16-/m1/s1. The van der Waals surface area contributed by atoms with Gasteiger partial charge in [-0.1, -0.05) is 41.9 Å². The number of para-hydroxylation sites is 2. The highest BCUT2D eigenvalue weighted by Crippen LogP contribution is 2.26. The number of anilines is 1. The molecular weight excluding hydrogens is 380 g/mol. The van der Waals surface area contributed by atoms with E-state index in [4.69, 9.17) is 21.1 Å². The van der Waals surface area contributed by atoms with Gasteiger partial charge in [-0.15, -0.1) is 0 Å². The molecule has 2 aromatic rings. The summed E-state index contributed by atoms with van der Waals surface area (Å²) < 4.78 is 10.6. The number of hydrogen-bond acceptors (Lipinski definition) is 5. The molecule has 28 heavy (non-hydrogen) atoms. The molecule has 0 saturated carbocycles. The van der Waals surface area contributed by atoms with E-state index in [9.17, 15) is 9.59 Å². The molecule has 1 aliphatic heterocycles. The minimum Gasteiger partial charge on any atom is -0.479 e. The van der Waals surface area contributed by atoms with Gasteiger partial charge in [-0.3, -0.25) is 4.79 Å². The van der Waals surface area contributed by atoms with Crippen molar-refractivity contribution in [1.82, 2.24) is 4.90 Å². The van der Waals surface area contributed by atoms with Crippen LogP contribution in [0.25, 0.3) is 0 Å². The highest BCUT2D eigenvalue weighted by Gasteiger charge is 2.24. The minimum atomic E-state index is -0.785. The Kier molecular flexibility index (Phi) is 6.76. The van der Waals surface area contributed by atoms with E-state index in [1.807, 2.05) is 42.5 Å². The number of carbonyl (C=O) groups is 2. The largest absolute Gasteiger partial charge is 0.479 e. The maximum absolute atomic E-state index is 12.4. The predicted octanol–water partition coefficient (Wildman–Crippen LogP) is 3.00. The third-order valence-corrected chi connectivity index (χ3v) is 4.87. The van der Waals surface area contributed by atoms with Gasteiger partial charge in [-0.05, 0) is 31.2 Å². The summed E-state index contributed by atoms with van der Waals surface area (Å²) in [6.45, 7) is 3.78. The maximum atomic E-state index is 12.4. The fraction of sp³-hybridized carbons (Fsp3) is 0.333. The lowest BCUT2D eigenvalue weighted by Gasteiger charge is -2.36. The molecule has 1 saturated heterocycles. The molecule has 0 aliphatic carbocycles. The lowest BCUT2D eigenvalue weighted by molar-refractivity contribution is -0.157. The van der Waals surface area contributed by atoms with E-state index >= 15 is 0 Å². The summed E-state index contributed by atoms with van der Waals surface area (Å²) in [5, 5.41) is 0.698. The Bertz CT molecular complexity index is 807. The van der Waals surface area contributed by atoms with Crippen LogP contribution >= 0.6 is 11.6 Å². The van der Waals surface area contributed by atoms with E-state index in [1.54, 1.807) is 24.0 Å². The molecule has 3 rings (SSSR count). The number of carbonyl (C=O) groups excluding carboxylic acids is 2. The first-order valence-corrected chi connectivity index (χ1v) is 9.58. The van der Waals surface area contributed by atoms with E-state index in [0.717, 1.165) is 5.69 Å². The zero-order chi connectivity index (χ0) is 19.9. The molecule has 1 aliphatic rings. The second-order valence-corrected chi connectivity index (χ2v) is 6.91. The fourth-order valence-corrected chi connectivity index (χ4v) is 3.25. The van der Waals surface area contributed by atoms with Crippen LogP contribution in [0.4, 0.5) is 5.69 Å². The van der Waals surface area contributed by atoms with E-state index < -0.39 is 12.1 Å². The number of nitrogens with zero attached hydrogens (tertiary/aromatic N) is 2. The number of rotatable bonds is 6. The molecular formula is C21H23ClN2O4. The van der Waals surface area contributed by atoms with Gasteiger partial charge in [-0.2, -0.15) is 0 Å². The van der Waals surface area contributed by atoms with Crippen LogP contribution in [0.2, 0.25) is 5.02 Å². The molecule has 1 heterocycles. The third kappa shape index (κ3) is 5.16. The predicted molar refractivity (Wildman–Crippen MR) is 108 cm³/mol. The summed E-state index contributed by atoms with van der Waals surface area (Å²) >= 11 is 6.24. The monoisotopic (exact) mass is 402 g/mol. The van der Waals surface area contributed by atoms with Gasteiger partial charge >= 0.3 is 5.97 Å². The maximum Gasteiger partial charge on any atom is 0.347 e. The molecule has 0 N–H and O–H groups in total. The van der Waals surface area contributed by atoms with Gasteiger partial charge in [0, 0.05) is 26.2 Å². The first-order valence-electron chi connectivity index (χ1n) is 9.20. The Labute approximate surface area is 169 Å². The Hall–Kier alpha value is -2.73. The molecule has 148 valence electrons. The van der Waals surface area contributed by atoms with Gasteiger partial charge < -0.3 is 19.3 Å². The number of piperazine rings is 1. The Morgan fingerprint density at radius 2 is 1.64 bits per heavy atom. The lowest BCUT2D eigenvalue weighted by atomic mass is 10.2. The zero-order valence-electron chi connectivity index (χ0n) is 15.7. The van der Waals surface area contributed by atoms with Crippen LogP contribution < -0.4 is 9.64 Å². The SMILES string of the molecule is C[C@@H](Oc1ccccc1)C(=O)OCC(=O)N1CCN(c2ccccc2Cl)CC1. The average molecular weight is 403 g/mol. The van der Waals surface area contributed by atoms with Gasteiger partial charge in [0.2, 0.25) is 0 Å². The van der Waals surface area contributed by atoms with Gasteiger partial charge in [0.1, 0.15) is 5.75 Å². The van der Waals surface area contributed by atoms with Crippen molar-refractivity contribution in [2.24, 2.45) is 0 Å². The molecule has 6 nitrogen and oxygen atoms in total. The van der Waals surface area contributed by atoms with Gasteiger partial charge in [0.25, 0.3) is 5.91 Å². The van der Waals surface area contributed by atoms with Crippen molar-refractivity contribution >= 4 is 29.2 Å². The van der Waals surface area contributed by atoms with Crippen LogP contribution in [0.3, 0.4) is 0 Å². The Morgan fingerprint density at radius 1 is 1.00 bits per heavy atom. The van der Waals surface area contributed by atoms with Crippen molar-refractivity contribution in [3.05, 3.63) is 59.6 Å². The van der Waals surface area contributed by atoms with Crippen molar-refractivity contribution in [3.8, 4) is 5.75 Å². The smallest absolute Gasteiger partial charge is 0.347 e. The van der Waals surface area contributed by atoms with Crippen LogP contribution in [0, 0.1) is 0 Å². The number of benzene rings is 2. The number of hydrogen-bond donors (Lipinski definition) is 0. The van der Waals surface area contributed by atoms with Crippen LogP contribution in [0.5, 0.6) is 5.75 Å². The molecule has 1 fully saturated rings. The highest BCUT2D eigenvalue weighted by atomic mass is 35.5. The van der Waals surface area contributed by atoms with Crippen LogP contribution in [-0.4, -0.2) is 55.7 Å². The number of esters is 1. The summed E-state index contributed by atoms with van der Waals surface area (Å²) in [6, 6.07) is 16.7. The highest BCUT2D eigenvalue weighted by molar-refractivity contribution is 6.33. The Morgan fingerprint density at radius 3 is 2.32 bits per heavy atom. The summed E-state index contributed by atoms with van der Waals surface area (Å²) in [5.41, 5.74) is 0.967. The molecule has 0 aromatic heterocycles. The molecule has 1 amide bonds. The quantitative estimate of drug-likeness (QED) is 0.695. The van der Waals surface area contributed by atoms with E-state index in [-0.39, 0.29) is 12.5 Å². The topological polar surface area (TPSA) is 59.1 Å². The van der Waals surface area contributed by atoms with E-state index in [2.05, 4.69) is 4.90 Å². The molecule has 2 aromatic carbocycles. The summed E-state index contributed by atoms with van der Waals surface area (Å²) in [6.07, 6.45) is -0.785. The zero-order valence-corrected chi connectivity index (χ0v) is 16.5. The van der Waals surface area contributed by atoms with Crippen molar-refractivity contribution in [3.63, 3.8) is 0 Å². The first-order chi connectivity index (χ1) is 13.5. The van der Waals surface area contributed by atoms with Crippen molar-refractivity contribution in [2.75, 3.05) is 37.7 Å². The van der Waals surface area contributed by atoms with Gasteiger partial charge in [0.15, 0.2) is 12.7 Å². The molecule has 0 radical (unpaired) electrons. The minimum absolute atomic E-state index is 0.209. The molecule has 0 unspecified atom stereocenters. The van der Waals surface area contributed by atoms with Crippen molar-refractivity contribution in [1.29, 1.82) is 0 Å². The van der Waals surface area contributed by atoms with Crippen molar-refractivity contribution < 1.29 is 19.1 Å². The fourth-order valence-electron chi connectivity index (χ4n) is 3.00. The molecule has 0 bridgehead atoms. The summed E-state index contributed by atoms with van der Waals surface area (Å²) in [7, 11) is 0. The van der Waals surface area contributed by atoms with Gasteiger partial charge in [-0.25, -0.2) is 4.79 Å². The molecule has 0 spiro atoms. The first kappa shape index (κ1) is 20.0. The second kappa shape index (κ2) is 9.46. The van der Waals surface area contributed by atoms with Crippen molar-refractivity contribution in [2.45, 2.75) is 13.0 Å². The normalized spacial score (nSPS) is 15.1. The van der Waals surface area contributed by atoms with Crippen LogP contribution in [-0.2, 0) is 14.3 Å². The van der Waals surface area contributed by atoms with Crippen LogP contribution in [0.15, 0.2) is 54.6 Å². The molecule has 1 atom stereocenters. The number of amides is 1. The summed E-state index contributed by atoms with van der Waals surface area (Å²) in [4.78, 5) is 28.3. The van der Waals surface area contributed by atoms with E-state index in [0.29, 0.717) is 37.0 Å². The third-order valence-electron chi connectivity index (χ3n) is 4.55. The summed E-state index contributed by atoms with van der Waals surface area (Å²) in [5.74, 6) is -0.194. The average Bonchev–Trinajstić information content (AvgIpc) is 2.73.